The summed E-state index contributed by atoms with van der Waals surface area (Å²) in [6.07, 6.45) is 9.67. The fraction of sp³-hybridized carbons (Fsp3) is 0.500. The smallest absolute Gasteiger partial charge is 0.360 e. The highest BCUT2D eigenvalue weighted by Crippen LogP contribution is 2.20. The number of carbonyl (C=O) groups excluding carboxylic acids is 1. The van der Waals surface area contributed by atoms with Gasteiger partial charge >= 0.3 is 5.97 Å². The Balaban J connectivity index is 1.57. The molecule has 0 atom stereocenters. The van der Waals surface area contributed by atoms with Crippen LogP contribution in [0.15, 0.2) is 36.5 Å². The van der Waals surface area contributed by atoms with Gasteiger partial charge in [-0.25, -0.2) is 9.48 Å². The van der Waals surface area contributed by atoms with Crippen molar-refractivity contribution in [3.63, 3.8) is 0 Å². The third-order valence-electron chi connectivity index (χ3n) is 4.26. The summed E-state index contributed by atoms with van der Waals surface area (Å²) < 4.78 is 7.29. The zero-order valence-corrected chi connectivity index (χ0v) is 13.4. The minimum atomic E-state index is -0.352. The van der Waals surface area contributed by atoms with Gasteiger partial charge in [0.15, 0.2) is 5.69 Å². The number of nitrogens with zero attached hydrogens (tertiary/aromatic N) is 3. The molecule has 1 saturated carbocycles. The summed E-state index contributed by atoms with van der Waals surface area (Å²) in [5.74, 6) is -0.352. The predicted molar refractivity (Wildman–Crippen MR) is 87.1 cm³/mol. The maximum atomic E-state index is 12.2. The number of hydrogen-bond donors (Lipinski definition) is 0. The first-order chi connectivity index (χ1) is 11.3. The third-order valence-corrected chi connectivity index (χ3v) is 4.26. The molecule has 1 fully saturated rings. The van der Waals surface area contributed by atoms with Gasteiger partial charge in [0.1, 0.15) is 6.10 Å². The predicted octanol–water partition coefficient (Wildman–Crippen LogP) is 3.60. The van der Waals surface area contributed by atoms with Crippen molar-refractivity contribution in [2.24, 2.45) is 0 Å². The van der Waals surface area contributed by atoms with Gasteiger partial charge in [-0.3, -0.25) is 0 Å². The van der Waals surface area contributed by atoms with Crippen molar-refractivity contribution in [1.82, 2.24) is 15.0 Å². The second-order valence-electron chi connectivity index (χ2n) is 6.16. The van der Waals surface area contributed by atoms with E-state index in [1.807, 2.05) is 30.3 Å². The van der Waals surface area contributed by atoms with Crippen molar-refractivity contribution in [3.05, 3.63) is 47.8 Å². The van der Waals surface area contributed by atoms with Gasteiger partial charge in [0, 0.05) is 0 Å². The van der Waals surface area contributed by atoms with E-state index in [1.165, 1.54) is 19.3 Å². The van der Waals surface area contributed by atoms with Crippen molar-refractivity contribution in [1.29, 1.82) is 0 Å². The molecule has 1 aromatic heterocycles. The largest absolute Gasteiger partial charge is 0.458 e. The Hall–Kier alpha value is -2.17. The van der Waals surface area contributed by atoms with Crippen LogP contribution in [-0.2, 0) is 11.3 Å². The Morgan fingerprint density at radius 1 is 1.09 bits per heavy atom. The van der Waals surface area contributed by atoms with E-state index < -0.39 is 0 Å². The monoisotopic (exact) mass is 313 g/mol. The Morgan fingerprint density at radius 2 is 1.78 bits per heavy atom. The average molecular weight is 313 g/mol. The molecule has 0 amide bonds. The highest BCUT2D eigenvalue weighted by Gasteiger charge is 2.19. The first kappa shape index (κ1) is 15.7. The summed E-state index contributed by atoms with van der Waals surface area (Å²) in [4.78, 5) is 12.2. The summed E-state index contributed by atoms with van der Waals surface area (Å²) >= 11 is 0. The number of benzene rings is 1. The molecule has 2 aromatic rings. The molecular formula is C18H23N3O2. The molecule has 1 aromatic carbocycles. The third kappa shape index (κ3) is 4.65. The summed E-state index contributed by atoms with van der Waals surface area (Å²) in [5, 5.41) is 7.98. The average Bonchev–Trinajstić information content (AvgIpc) is 2.99. The van der Waals surface area contributed by atoms with Gasteiger partial charge in [-0.2, -0.15) is 0 Å². The van der Waals surface area contributed by atoms with Crippen LogP contribution in [0.1, 0.15) is 61.0 Å². The van der Waals surface area contributed by atoms with E-state index in [2.05, 4.69) is 10.3 Å². The normalized spacial score (nSPS) is 16.5. The van der Waals surface area contributed by atoms with Gasteiger partial charge in [0.25, 0.3) is 0 Å². The van der Waals surface area contributed by atoms with Crippen molar-refractivity contribution in [2.45, 2.75) is 57.6 Å². The molecule has 0 bridgehead atoms. The van der Waals surface area contributed by atoms with Crippen LogP contribution in [0.25, 0.3) is 0 Å². The second kappa shape index (κ2) is 7.90. The van der Waals surface area contributed by atoms with Gasteiger partial charge in [0.05, 0.1) is 12.7 Å². The molecule has 1 aliphatic rings. The summed E-state index contributed by atoms with van der Waals surface area (Å²) in [7, 11) is 0. The molecule has 0 saturated heterocycles. The van der Waals surface area contributed by atoms with E-state index in [0.717, 1.165) is 31.2 Å². The number of rotatable bonds is 4. The number of ether oxygens (including phenoxy) is 1. The Labute approximate surface area is 136 Å². The van der Waals surface area contributed by atoms with Gasteiger partial charge < -0.3 is 4.74 Å². The zero-order chi connectivity index (χ0) is 15.9. The van der Waals surface area contributed by atoms with E-state index in [0.29, 0.717) is 12.2 Å². The lowest BCUT2D eigenvalue weighted by Gasteiger charge is -2.19. The number of carbonyl (C=O) groups is 1. The fourth-order valence-corrected chi connectivity index (χ4v) is 2.99. The van der Waals surface area contributed by atoms with E-state index in [-0.39, 0.29) is 12.1 Å². The molecule has 0 unspecified atom stereocenters. The number of esters is 1. The summed E-state index contributed by atoms with van der Waals surface area (Å²) in [5.41, 5.74) is 1.42. The SMILES string of the molecule is O=C(OC1CCCCCCC1)c1cn(Cc2ccccc2)nn1. The van der Waals surface area contributed by atoms with Crippen LogP contribution < -0.4 is 0 Å². The van der Waals surface area contributed by atoms with E-state index in [9.17, 15) is 4.79 Å². The highest BCUT2D eigenvalue weighted by atomic mass is 16.5. The molecule has 0 radical (unpaired) electrons. The molecule has 5 heteroatoms. The van der Waals surface area contributed by atoms with E-state index in [1.54, 1.807) is 10.9 Å². The van der Waals surface area contributed by atoms with Crippen LogP contribution >= 0.6 is 0 Å². The van der Waals surface area contributed by atoms with Crippen LogP contribution in [0.4, 0.5) is 0 Å². The first-order valence-electron chi connectivity index (χ1n) is 8.46. The van der Waals surface area contributed by atoms with E-state index >= 15 is 0 Å². The van der Waals surface area contributed by atoms with Crippen LogP contribution in [0.5, 0.6) is 0 Å². The molecule has 1 heterocycles. The van der Waals surface area contributed by atoms with Crippen molar-refractivity contribution in [2.75, 3.05) is 0 Å². The van der Waals surface area contributed by atoms with Crippen LogP contribution in [0.2, 0.25) is 0 Å². The Bertz CT molecular complexity index is 616. The topological polar surface area (TPSA) is 57.0 Å². The molecule has 0 N–H and O–H groups in total. The van der Waals surface area contributed by atoms with Crippen LogP contribution in [-0.4, -0.2) is 27.1 Å². The zero-order valence-electron chi connectivity index (χ0n) is 13.4. The maximum Gasteiger partial charge on any atom is 0.360 e. The summed E-state index contributed by atoms with van der Waals surface area (Å²) in [6.45, 7) is 0.602. The lowest BCUT2D eigenvalue weighted by atomic mass is 9.98. The van der Waals surface area contributed by atoms with Gasteiger partial charge in [-0.05, 0) is 31.2 Å². The number of aromatic nitrogens is 3. The molecule has 0 spiro atoms. The molecule has 0 aliphatic heterocycles. The molecule has 1 aliphatic carbocycles. The fourth-order valence-electron chi connectivity index (χ4n) is 2.99. The molecule has 3 rings (SSSR count). The Morgan fingerprint density at radius 3 is 2.52 bits per heavy atom. The molecule has 122 valence electrons. The minimum absolute atomic E-state index is 0.0297. The second-order valence-corrected chi connectivity index (χ2v) is 6.16. The summed E-state index contributed by atoms with van der Waals surface area (Å²) in [6, 6.07) is 9.98. The van der Waals surface area contributed by atoms with Gasteiger partial charge in [0.2, 0.25) is 0 Å². The number of hydrogen-bond acceptors (Lipinski definition) is 4. The molecule has 5 nitrogen and oxygen atoms in total. The van der Waals surface area contributed by atoms with Crippen molar-refractivity contribution < 1.29 is 9.53 Å². The lowest BCUT2D eigenvalue weighted by Crippen LogP contribution is -2.19. The molecular weight excluding hydrogens is 290 g/mol. The molecule has 23 heavy (non-hydrogen) atoms. The van der Waals surface area contributed by atoms with Crippen molar-refractivity contribution in [3.8, 4) is 0 Å². The van der Waals surface area contributed by atoms with Crippen LogP contribution in [0.3, 0.4) is 0 Å². The van der Waals surface area contributed by atoms with Crippen molar-refractivity contribution >= 4 is 5.97 Å². The lowest BCUT2D eigenvalue weighted by molar-refractivity contribution is 0.0232. The van der Waals surface area contributed by atoms with Gasteiger partial charge in [-0.15, -0.1) is 5.10 Å². The first-order valence-corrected chi connectivity index (χ1v) is 8.46. The Kier molecular flexibility index (Phi) is 5.40. The van der Waals surface area contributed by atoms with Crippen LogP contribution in [0, 0.1) is 0 Å². The van der Waals surface area contributed by atoms with Gasteiger partial charge in [-0.1, -0.05) is 54.8 Å². The highest BCUT2D eigenvalue weighted by molar-refractivity contribution is 5.86. The maximum absolute atomic E-state index is 12.2. The quantitative estimate of drug-likeness (QED) is 0.809. The standard InChI is InChI=1S/C18H23N3O2/c22-18(23-16-11-7-2-1-3-8-12-16)17-14-21(20-19-17)13-15-9-5-4-6-10-15/h4-6,9-10,14,16H,1-3,7-8,11-13H2. The van der Waals surface area contributed by atoms with E-state index in [4.69, 9.17) is 4.74 Å². The minimum Gasteiger partial charge on any atom is -0.458 e.